The Morgan fingerprint density at radius 3 is 2.41 bits per heavy atom. The van der Waals surface area contributed by atoms with E-state index in [0.717, 1.165) is 13.1 Å². The van der Waals surface area contributed by atoms with E-state index in [0.29, 0.717) is 25.0 Å². The molecule has 1 aliphatic heterocycles. The molecule has 1 saturated carbocycles. The van der Waals surface area contributed by atoms with Crippen molar-refractivity contribution in [3.8, 4) is 0 Å². The summed E-state index contributed by atoms with van der Waals surface area (Å²) in [6.07, 6.45) is 8.24. The first-order chi connectivity index (χ1) is 8.24. The molecule has 2 fully saturated rings. The summed E-state index contributed by atoms with van der Waals surface area (Å²) < 4.78 is 0. The Balaban J connectivity index is 1.70. The zero-order chi connectivity index (χ0) is 12.1. The summed E-state index contributed by atoms with van der Waals surface area (Å²) in [5.74, 6) is 0.123. The number of likely N-dealkylation sites (tertiary alicyclic amines) is 1. The second kappa shape index (κ2) is 5.83. The van der Waals surface area contributed by atoms with E-state index in [2.05, 4.69) is 10.2 Å². The first kappa shape index (κ1) is 12.8. The average molecular weight is 239 g/mol. The fraction of sp³-hybridized carbons (Fsp3) is 0.923. The van der Waals surface area contributed by atoms with Crippen molar-refractivity contribution in [3.63, 3.8) is 0 Å². The molecular weight excluding hydrogens is 214 g/mol. The SMILES string of the molecule is NCCNC(=O)CN1CCC2(CCCC2)CC1. The predicted octanol–water partition coefficient (Wildman–Crippen LogP) is 0.717. The number of carbonyl (C=O) groups is 1. The van der Waals surface area contributed by atoms with Crippen molar-refractivity contribution in [2.24, 2.45) is 11.1 Å². The summed E-state index contributed by atoms with van der Waals surface area (Å²) >= 11 is 0. The molecule has 2 rings (SSSR count). The van der Waals surface area contributed by atoms with Gasteiger partial charge in [0.25, 0.3) is 0 Å². The topological polar surface area (TPSA) is 58.4 Å². The molecular formula is C13H25N3O. The van der Waals surface area contributed by atoms with Crippen LogP contribution in [0.15, 0.2) is 0 Å². The van der Waals surface area contributed by atoms with Crippen molar-refractivity contribution in [2.75, 3.05) is 32.7 Å². The molecule has 3 N–H and O–H groups in total. The number of nitrogens with zero attached hydrogens (tertiary/aromatic N) is 1. The maximum absolute atomic E-state index is 11.6. The third-order valence-corrected chi connectivity index (χ3v) is 4.41. The van der Waals surface area contributed by atoms with Gasteiger partial charge in [0, 0.05) is 13.1 Å². The second-order valence-corrected chi connectivity index (χ2v) is 5.62. The summed E-state index contributed by atoms with van der Waals surface area (Å²) in [6.45, 7) is 3.85. The predicted molar refractivity (Wildman–Crippen MR) is 68.6 cm³/mol. The van der Waals surface area contributed by atoms with E-state index in [4.69, 9.17) is 5.73 Å². The number of hydrogen-bond acceptors (Lipinski definition) is 3. The van der Waals surface area contributed by atoms with Crippen LogP contribution in [0.3, 0.4) is 0 Å². The van der Waals surface area contributed by atoms with Gasteiger partial charge in [-0.3, -0.25) is 9.69 Å². The van der Waals surface area contributed by atoms with Crippen LogP contribution in [-0.2, 0) is 4.79 Å². The van der Waals surface area contributed by atoms with Crippen molar-refractivity contribution in [1.82, 2.24) is 10.2 Å². The molecule has 1 spiro atoms. The van der Waals surface area contributed by atoms with E-state index in [1.54, 1.807) is 0 Å². The molecule has 0 bridgehead atoms. The lowest BCUT2D eigenvalue weighted by molar-refractivity contribution is -0.122. The third-order valence-electron chi connectivity index (χ3n) is 4.41. The van der Waals surface area contributed by atoms with Gasteiger partial charge >= 0.3 is 0 Å². The Labute approximate surface area is 104 Å². The maximum Gasteiger partial charge on any atom is 0.234 e. The number of carbonyl (C=O) groups excluding carboxylic acids is 1. The lowest BCUT2D eigenvalue weighted by atomic mass is 9.77. The normalized spacial score (nSPS) is 24.1. The average Bonchev–Trinajstić information content (AvgIpc) is 2.79. The molecule has 0 aromatic rings. The summed E-state index contributed by atoms with van der Waals surface area (Å²) in [4.78, 5) is 13.9. The number of hydrogen-bond donors (Lipinski definition) is 2. The molecule has 1 heterocycles. The van der Waals surface area contributed by atoms with E-state index in [1.165, 1.54) is 38.5 Å². The molecule has 1 amide bonds. The number of rotatable bonds is 4. The summed E-state index contributed by atoms with van der Waals surface area (Å²) in [5.41, 5.74) is 6.00. The van der Waals surface area contributed by atoms with E-state index < -0.39 is 0 Å². The van der Waals surface area contributed by atoms with Crippen LogP contribution in [0.2, 0.25) is 0 Å². The highest BCUT2D eigenvalue weighted by atomic mass is 16.2. The molecule has 0 atom stereocenters. The van der Waals surface area contributed by atoms with Gasteiger partial charge in [-0.1, -0.05) is 12.8 Å². The number of nitrogens with two attached hydrogens (primary N) is 1. The van der Waals surface area contributed by atoms with Crippen molar-refractivity contribution >= 4 is 5.91 Å². The molecule has 1 aliphatic carbocycles. The first-order valence-electron chi connectivity index (χ1n) is 6.93. The highest BCUT2D eigenvalue weighted by Crippen LogP contribution is 2.45. The van der Waals surface area contributed by atoms with Crippen LogP contribution >= 0.6 is 0 Å². The van der Waals surface area contributed by atoms with Crippen LogP contribution in [0.25, 0.3) is 0 Å². The Morgan fingerprint density at radius 1 is 1.18 bits per heavy atom. The van der Waals surface area contributed by atoms with Gasteiger partial charge in [0.15, 0.2) is 0 Å². The summed E-state index contributed by atoms with van der Waals surface area (Å²) in [7, 11) is 0. The van der Waals surface area contributed by atoms with Gasteiger partial charge in [-0.15, -0.1) is 0 Å². The number of piperidine rings is 1. The number of amides is 1. The monoisotopic (exact) mass is 239 g/mol. The van der Waals surface area contributed by atoms with Gasteiger partial charge in [0.05, 0.1) is 6.54 Å². The fourth-order valence-electron chi connectivity index (χ4n) is 3.28. The van der Waals surface area contributed by atoms with Crippen molar-refractivity contribution in [3.05, 3.63) is 0 Å². The molecule has 0 aromatic heterocycles. The van der Waals surface area contributed by atoms with E-state index >= 15 is 0 Å². The van der Waals surface area contributed by atoms with Gasteiger partial charge in [0.2, 0.25) is 5.91 Å². The smallest absolute Gasteiger partial charge is 0.234 e. The molecule has 1 saturated heterocycles. The van der Waals surface area contributed by atoms with Crippen LogP contribution in [0, 0.1) is 5.41 Å². The molecule has 2 aliphatic rings. The molecule has 0 unspecified atom stereocenters. The zero-order valence-corrected chi connectivity index (χ0v) is 10.7. The van der Waals surface area contributed by atoms with Crippen LogP contribution in [-0.4, -0.2) is 43.5 Å². The maximum atomic E-state index is 11.6. The Bertz CT molecular complexity index is 251. The molecule has 17 heavy (non-hydrogen) atoms. The molecule has 4 heteroatoms. The van der Waals surface area contributed by atoms with Crippen LogP contribution < -0.4 is 11.1 Å². The number of nitrogens with one attached hydrogen (secondary N) is 1. The van der Waals surface area contributed by atoms with Gasteiger partial charge in [-0.05, 0) is 44.2 Å². The minimum Gasteiger partial charge on any atom is -0.354 e. The second-order valence-electron chi connectivity index (χ2n) is 5.62. The van der Waals surface area contributed by atoms with E-state index in [9.17, 15) is 4.79 Å². The molecule has 4 nitrogen and oxygen atoms in total. The Hall–Kier alpha value is -0.610. The van der Waals surface area contributed by atoms with Gasteiger partial charge in [0.1, 0.15) is 0 Å². The zero-order valence-electron chi connectivity index (χ0n) is 10.7. The molecule has 0 radical (unpaired) electrons. The largest absolute Gasteiger partial charge is 0.354 e. The van der Waals surface area contributed by atoms with Crippen LogP contribution in [0.1, 0.15) is 38.5 Å². The minimum absolute atomic E-state index is 0.123. The van der Waals surface area contributed by atoms with Crippen LogP contribution in [0.4, 0.5) is 0 Å². The van der Waals surface area contributed by atoms with Gasteiger partial charge in [-0.2, -0.15) is 0 Å². The summed E-state index contributed by atoms with van der Waals surface area (Å²) in [6, 6.07) is 0. The highest BCUT2D eigenvalue weighted by molar-refractivity contribution is 5.78. The van der Waals surface area contributed by atoms with E-state index in [1.807, 2.05) is 0 Å². The minimum atomic E-state index is 0.123. The van der Waals surface area contributed by atoms with Crippen molar-refractivity contribution in [2.45, 2.75) is 38.5 Å². The quantitative estimate of drug-likeness (QED) is 0.760. The lowest BCUT2D eigenvalue weighted by Crippen LogP contribution is -2.44. The summed E-state index contributed by atoms with van der Waals surface area (Å²) in [5, 5.41) is 2.84. The van der Waals surface area contributed by atoms with Gasteiger partial charge < -0.3 is 11.1 Å². The first-order valence-corrected chi connectivity index (χ1v) is 6.93. The van der Waals surface area contributed by atoms with Crippen LogP contribution in [0.5, 0.6) is 0 Å². The Morgan fingerprint density at radius 2 is 1.82 bits per heavy atom. The molecule has 98 valence electrons. The fourth-order valence-corrected chi connectivity index (χ4v) is 3.28. The van der Waals surface area contributed by atoms with Crippen molar-refractivity contribution < 1.29 is 4.79 Å². The van der Waals surface area contributed by atoms with Crippen molar-refractivity contribution in [1.29, 1.82) is 0 Å². The molecule has 0 aromatic carbocycles. The van der Waals surface area contributed by atoms with Gasteiger partial charge in [-0.25, -0.2) is 0 Å². The highest BCUT2D eigenvalue weighted by Gasteiger charge is 2.36. The Kier molecular flexibility index (Phi) is 4.40. The third kappa shape index (κ3) is 3.42. The van der Waals surface area contributed by atoms with E-state index in [-0.39, 0.29) is 5.91 Å². The standard InChI is InChI=1S/C13H25N3O/c14-7-8-15-12(17)11-16-9-5-13(6-10-16)3-1-2-4-13/h1-11,14H2,(H,15,17). The lowest BCUT2D eigenvalue weighted by Gasteiger charge is -2.39.